The third-order valence-corrected chi connectivity index (χ3v) is 3.68. The van der Waals surface area contributed by atoms with Crippen LogP contribution in [0.3, 0.4) is 0 Å². The summed E-state index contributed by atoms with van der Waals surface area (Å²) in [6.45, 7) is 5.31. The first-order valence-corrected chi connectivity index (χ1v) is 8.78. The van der Waals surface area contributed by atoms with Gasteiger partial charge in [0.05, 0.1) is 12.1 Å². The van der Waals surface area contributed by atoms with Gasteiger partial charge in [-0.05, 0) is 32.1 Å². The minimum Gasteiger partial charge on any atom is -0.480 e. The van der Waals surface area contributed by atoms with Crippen molar-refractivity contribution in [2.45, 2.75) is 64.3 Å². The Balaban J connectivity index is 4.89. The van der Waals surface area contributed by atoms with Gasteiger partial charge < -0.3 is 38.0 Å². The SMILES string of the molecule is CC(C)CC(N)C(=O)NC(C(=O)NC(CCCN=C(N)N)C(=O)O)C(C)O. The summed E-state index contributed by atoms with van der Waals surface area (Å²) in [6, 6.07) is -3.38. The third kappa shape index (κ3) is 10.4. The molecule has 27 heavy (non-hydrogen) atoms. The van der Waals surface area contributed by atoms with Crippen LogP contribution in [-0.4, -0.2) is 64.7 Å². The minimum atomic E-state index is -1.32. The lowest BCUT2D eigenvalue weighted by molar-refractivity contribution is -0.143. The predicted molar refractivity (Wildman–Crippen MR) is 101 cm³/mol. The van der Waals surface area contributed by atoms with Crippen LogP contribution in [0.15, 0.2) is 4.99 Å². The Morgan fingerprint density at radius 1 is 1.07 bits per heavy atom. The zero-order valence-electron chi connectivity index (χ0n) is 16.0. The fourth-order valence-corrected chi connectivity index (χ4v) is 2.30. The monoisotopic (exact) mass is 388 g/mol. The highest BCUT2D eigenvalue weighted by Gasteiger charge is 2.30. The van der Waals surface area contributed by atoms with Gasteiger partial charge in [0, 0.05) is 6.54 Å². The van der Waals surface area contributed by atoms with Gasteiger partial charge in [-0.1, -0.05) is 13.8 Å². The van der Waals surface area contributed by atoms with Crippen LogP contribution in [-0.2, 0) is 14.4 Å². The first kappa shape index (κ1) is 24.6. The number of nitrogens with one attached hydrogen (secondary N) is 2. The molecule has 0 aromatic heterocycles. The molecule has 0 aromatic carbocycles. The number of carboxylic acid groups (broad SMARTS) is 1. The Bertz CT molecular complexity index is 533. The molecule has 0 radical (unpaired) electrons. The molecule has 0 aliphatic rings. The number of carbonyl (C=O) groups is 3. The maximum Gasteiger partial charge on any atom is 0.326 e. The fourth-order valence-electron chi connectivity index (χ4n) is 2.30. The number of hydrogen-bond donors (Lipinski definition) is 7. The van der Waals surface area contributed by atoms with Crippen molar-refractivity contribution in [2.75, 3.05) is 6.54 Å². The summed E-state index contributed by atoms with van der Waals surface area (Å²) in [4.78, 5) is 39.5. The lowest BCUT2D eigenvalue weighted by atomic mass is 10.0. The predicted octanol–water partition coefficient (Wildman–Crippen LogP) is -2.15. The Kier molecular flexibility index (Phi) is 11.0. The van der Waals surface area contributed by atoms with Crippen LogP contribution in [0.5, 0.6) is 0 Å². The fraction of sp³-hybridized carbons (Fsp3) is 0.750. The van der Waals surface area contributed by atoms with Crippen LogP contribution in [0, 0.1) is 5.92 Å². The molecule has 0 saturated heterocycles. The van der Waals surface area contributed by atoms with Crippen LogP contribution in [0.4, 0.5) is 0 Å². The second-order valence-corrected chi connectivity index (χ2v) is 6.81. The van der Waals surface area contributed by atoms with Gasteiger partial charge in [0.15, 0.2) is 5.96 Å². The topological polar surface area (TPSA) is 206 Å². The number of aliphatic hydroxyl groups excluding tert-OH is 1. The van der Waals surface area contributed by atoms with Crippen molar-refractivity contribution >= 4 is 23.7 Å². The van der Waals surface area contributed by atoms with Gasteiger partial charge in [-0.15, -0.1) is 0 Å². The summed E-state index contributed by atoms with van der Waals surface area (Å²) in [7, 11) is 0. The standard InChI is InChI=1S/C16H32N6O5/c1-8(2)7-10(17)13(24)22-12(9(3)23)14(25)21-11(15(26)27)5-4-6-20-16(18)19/h8-12,23H,4-7,17H2,1-3H3,(H,21,25)(H,22,24)(H,26,27)(H4,18,19,20). The van der Waals surface area contributed by atoms with E-state index in [2.05, 4.69) is 15.6 Å². The van der Waals surface area contributed by atoms with E-state index in [1.807, 2.05) is 13.8 Å². The number of guanidine groups is 1. The molecule has 156 valence electrons. The molecule has 4 unspecified atom stereocenters. The highest BCUT2D eigenvalue weighted by molar-refractivity contribution is 5.92. The number of amides is 2. The number of carboxylic acids is 1. The molecule has 10 N–H and O–H groups in total. The zero-order chi connectivity index (χ0) is 21.1. The quantitative estimate of drug-likeness (QED) is 0.111. The van der Waals surface area contributed by atoms with Gasteiger partial charge in [0.1, 0.15) is 12.1 Å². The highest BCUT2D eigenvalue weighted by Crippen LogP contribution is 2.05. The van der Waals surface area contributed by atoms with Crippen molar-refractivity contribution in [3.8, 4) is 0 Å². The summed E-state index contributed by atoms with van der Waals surface area (Å²) in [5.74, 6) is -2.60. The first-order chi connectivity index (χ1) is 12.5. The van der Waals surface area contributed by atoms with Gasteiger partial charge in [-0.25, -0.2) is 4.79 Å². The van der Waals surface area contributed by atoms with E-state index in [0.717, 1.165) is 0 Å². The van der Waals surface area contributed by atoms with Gasteiger partial charge >= 0.3 is 5.97 Å². The molecule has 11 nitrogen and oxygen atoms in total. The summed E-state index contributed by atoms with van der Waals surface area (Å²) in [5, 5.41) is 23.7. The molecule has 0 aromatic rings. The highest BCUT2D eigenvalue weighted by atomic mass is 16.4. The van der Waals surface area contributed by atoms with E-state index < -0.39 is 42.0 Å². The molecule has 0 aliphatic carbocycles. The smallest absolute Gasteiger partial charge is 0.326 e. The molecule has 11 heteroatoms. The number of nitrogens with two attached hydrogens (primary N) is 3. The van der Waals surface area contributed by atoms with Crippen molar-refractivity contribution in [1.29, 1.82) is 0 Å². The summed E-state index contributed by atoms with van der Waals surface area (Å²) in [5.41, 5.74) is 16.1. The largest absolute Gasteiger partial charge is 0.480 e. The Morgan fingerprint density at radius 2 is 1.67 bits per heavy atom. The van der Waals surface area contributed by atoms with E-state index in [0.29, 0.717) is 12.8 Å². The van der Waals surface area contributed by atoms with E-state index >= 15 is 0 Å². The molecule has 2 amide bonds. The van der Waals surface area contributed by atoms with Crippen molar-refractivity contribution in [3.63, 3.8) is 0 Å². The van der Waals surface area contributed by atoms with E-state index in [9.17, 15) is 24.6 Å². The maximum absolute atomic E-state index is 12.4. The number of rotatable bonds is 12. The first-order valence-electron chi connectivity index (χ1n) is 8.78. The maximum atomic E-state index is 12.4. The van der Waals surface area contributed by atoms with Crippen molar-refractivity contribution in [3.05, 3.63) is 0 Å². The van der Waals surface area contributed by atoms with Crippen LogP contribution in [0.25, 0.3) is 0 Å². The Morgan fingerprint density at radius 3 is 2.11 bits per heavy atom. The van der Waals surface area contributed by atoms with Crippen LogP contribution < -0.4 is 27.8 Å². The minimum absolute atomic E-state index is 0.0746. The number of aliphatic imine (C=N–C) groups is 1. The average molecular weight is 388 g/mol. The number of nitrogens with zero attached hydrogens (tertiary/aromatic N) is 1. The molecule has 0 spiro atoms. The number of aliphatic hydroxyl groups is 1. The second kappa shape index (κ2) is 12.1. The van der Waals surface area contributed by atoms with E-state index in [1.54, 1.807) is 0 Å². The Labute approximate surface area is 158 Å². The van der Waals surface area contributed by atoms with Gasteiger partial charge in [-0.2, -0.15) is 0 Å². The van der Waals surface area contributed by atoms with Crippen LogP contribution in [0.1, 0.15) is 40.0 Å². The molecule has 0 heterocycles. The molecule has 4 atom stereocenters. The normalized spacial score (nSPS) is 15.3. The third-order valence-electron chi connectivity index (χ3n) is 3.68. The molecule has 0 rings (SSSR count). The van der Waals surface area contributed by atoms with Crippen LogP contribution in [0.2, 0.25) is 0 Å². The lowest BCUT2D eigenvalue weighted by Gasteiger charge is -2.25. The summed E-state index contributed by atoms with van der Waals surface area (Å²) >= 11 is 0. The molecule has 0 aliphatic heterocycles. The number of hydrogen-bond acceptors (Lipinski definition) is 6. The average Bonchev–Trinajstić information content (AvgIpc) is 2.53. The van der Waals surface area contributed by atoms with Crippen molar-refractivity contribution in [2.24, 2.45) is 28.1 Å². The van der Waals surface area contributed by atoms with Gasteiger partial charge in [0.2, 0.25) is 11.8 Å². The molecule has 0 saturated carbocycles. The van der Waals surface area contributed by atoms with Gasteiger partial charge in [-0.3, -0.25) is 14.6 Å². The van der Waals surface area contributed by atoms with Crippen LogP contribution >= 0.6 is 0 Å². The van der Waals surface area contributed by atoms with Gasteiger partial charge in [0.25, 0.3) is 0 Å². The number of aliphatic carboxylic acids is 1. The summed E-state index contributed by atoms with van der Waals surface area (Å²) < 4.78 is 0. The van der Waals surface area contributed by atoms with E-state index in [1.165, 1.54) is 6.92 Å². The molecule has 0 fully saturated rings. The van der Waals surface area contributed by atoms with E-state index in [-0.39, 0.29) is 24.8 Å². The molecule has 0 bridgehead atoms. The van der Waals surface area contributed by atoms with E-state index in [4.69, 9.17) is 17.2 Å². The molecular weight excluding hydrogens is 356 g/mol. The zero-order valence-corrected chi connectivity index (χ0v) is 16.0. The summed E-state index contributed by atoms with van der Waals surface area (Å²) in [6.07, 6.45) is -0.440. The lowest BCUT2D eigenvalue weighted by Crippen LogP contribution is -2.58. The van der Waals surface area contributed by atoms with Crippen molar-refractivity contribution < 1.29 is 24.6 Å². The van der Waals surface area contributed by atoms with Crippen molar-refractivity contribution in [1.82, 2.24) is 10.6 Å². The molecular formula is C16H32N6O5. The Hall–Kier alpha value is -2.40. The number of carbonyl (C=O) groups excluding carboxylic acids is 2. The second-order valence-electron chi connectivity index (χ2n) is 6.81.